The number of nitrogens with zero attached hydrogens (tertiary/aromatic N) is 2. The summed E-state index contributed by atoms with van der Waals surface area (Å²) in [5.74, 6) is -0.424. The zero-order valence-electron chi connectivity index (χ0n) is 13.3. The predicted molar refractivity (Wildman–Crippen MR) is 103 cm³/mol. The van der Waals surface area contributed by atoms with Crippen molar-refractivity contribution in [1.82, 2.24) is 4.98 Å². The normalized spacial score (nSPS) is 10.3. The molecule has 0 atom stereocenters. The van der Waals surface area contributed by atoms with Gasteiger partial charge in [0.15, 0.2) is 5.13 Å². The van der Waals surface area contributed by atoms with Crippen molar-refractivity contribution in [2.24, 2.45) is 0 Å². The molecule has 0 fully saturated rings. The van der Waals surface area contributed by atoms with Gasteiger partial charge in [0, 0.05) is 22.0 Å². The van der Waals surface area contributed by atoms with Crippen molar-refractivity contribution in [1.29, 1.82) is 0 Å². The van der Waals surface area contributed by atoms with E-state index < -0.39 is 10.8 Å². The molecule has 0 radical (unpaired) electrons. The van der Waals surface area contributed by atoms with E-state index in [1.54, 1.807) is 0 Å². The number of hydrogen-bond acceptors (Lipinski definition) is 6. The number of rotatable bonds is 6. The summed E-state index contributed by atoms with van der Waals surface area (Å²) in [4.78, 5) is 26.9. The second-order valence-electron chi connectivity index (χ2n) is 5.22. The van der Waals surface area contributed by atoms with E-state index in [0.29, 0.717) is 5.13 Å². The van der Waals surface area contributed by atoms with Crippen LogP contribution in [-0.2, 0) is 4.79 Å². The van der Waals surface area contributed by atoms with E-state index in [4.69, 9.17) is 11.6 Å². The maximum absolute atomic E-state index is 12.1. The van der Waals surface area contributed by atoms with Gasteiger partial charge in [-0.2, -0.15) is 0 Å². The van der Waals surface area contributed by atoms with Crippen molar-refractivity contribution < 1.29 is 9.72 Å². The number of nitro groups is 1. The molecule has 3 rings (SSSR count). The van der Waals surface area contributed by atoms with Crippen molar-refractivity contribution in [3.63, 3.8) is 0 Å². The van der Waals surface area contributed by atoms with Gasteiger partial charge in [0.05, 0.1) is 17.2 Å². The Kier molecular flexibility index (Phi) is 5.45. The van der Waals surface area contributed by atoms with Crippen LogP contribution in [0.5, 0.6) is 0 Å². The van der Waals surface area contributed by atoms with E-state index in [2.05, 4.69) is 15.6 Å². The van der Waals surface area contributed by atoms with Gasteiger partial charge in [0.25, 0.3) is 5.69 Å². The minimum absolute atomic E-state index is 0.0679. The number of nitro benzene ring substituents is 1. The summed E-state index contributed by atoms with van der Waals surface area (Å²) < 4.78 is 0. The Labute approximate surface area is 157 Å². The van der Waals surface area contributed by atoms with Crippen LogP contribution in [0, 0.1) is 10.1 Å². The summed E-state index contributed by atoms with van der Waals surface area (Å²) in [5, 5.41) is 19.2. The third kappa shape index (κ3) is 4.35. The number of hydrogen-bond donors (Lipinski definition) is 2. The van der Waals surface area contributed by atoms with Crippen molar-refractivity contribution in [3.05, 3.63) is 69.0 Å². The maximum atomic E-state index is 12.1. The largest absolute Gasteiger partial charge is 0.352 e. The Morgan fingerprint density at radius 2 is 2.00 bits per heavy atom. The SMILES string of the molecule is O=C(CNc1nc(-c2ccccc2)cs1)Nc1ccc(Cl)cc1[N+](=O)[O-]. The summed E-state index contributed by atoms with van der Waals surface area (Å²) >= 11 is 7.13. The molecule has 0 saturated heterocycles. The summed E-state index contributed by atoms with van der Waals surface area (Å²) in [5.41, 5.74) is 1.63. The number of halogens is 1. The van der Waals surface area contributed by atoms with E-state index in [-0.39, 0.29) is 22.9 Å². The second-order valence-corrected chi connectivity index (χ2v) is 6.52. The molecule has 9 heteroatoms. The molecule has 0 aliphatic heterocycles. The number of carbonyl (C=O) groups is 1. The fourth-order valence-corrected chi connectivity index (χ4v) is 3.09. The van der Waals surface area contributed by atoms with E-state index in [1.165, 1.54) is 29.5 Å². The molecule has 3 aromatic rings. The van der Waals surface area contributed by atoms with Crippen LogP contribution >= 0.6 is 22.9 Å². The second kappa shape index (κ2) is 7.94. The van der Waals surface area contributed by atoms with Crippen LogP contribution in [0.3, 0.4) is 0 Å². The lowest BCUT2D eigenvalue weighted by Gasteiger charge is -2.07. The van der Waals surface area contributed by atoms with Crippen LogP contribution in [0.25, 0.3) is 11.3 Å². The minimum atomic E-state index is -0.595. The average Bonchev–Trinajstić information content (AvgIpc) is 3.11. The fraction of sp³-hybridized carbons (Fsp3) is 0.0588. The first-order chi connectivity index (χ1) is 12.5. The number of thiazole rings is 1. The third-order valence-electron chi connectivity index (χ3n) is 3.40. The first-order valence-electron chi connectivity index (χ1n) is 7.51. The van der Waals surface area contributed by atoms with Crippen LogP contribution in [0.15, 0.2) is 53.9 Å². The van der Waals surface area contributed by atoms with Gasteiger partial charge in [-0.1, -0.05) is 41.9 Å². The Hall–Kier alpha value is -2.97. The van der Waals surface area contributed by atoms with Crippen molar-refractivity contribution in [2.75, 3.05) is 17.2 Å². The standard InChI is InChI=1S/C17H13ClN4O3S/c18-12-6-7-13(15(8-12)22(24)25)20-16(23)9-19-17-21-14(10-26-17)11-4-2-1-3-5-11/h1-8,10H,9H2,(H,19,21)(H,20,23). The Balaban J connectivity index is 1.62. The monoisotopic (exact) mass is 388 g/mol. The quantitative estimate of drug-likeness (QED) is 0.481. The Morgan fingerprint density at radius 3 is 2.73 bits per heavy atom. The van der Waals surface area contributed by atoms with Gasteiger partial charge in [-0.3, -0.25) is 14.9 Å². The molecule has 2 N–H and O–H groups in total. The number of nitrogens with one attached hydrogen (secondary N) is 2. The van der Waals surface area contributed by atoms with Gasteiger partial charge in [-0.25, -0.2) is 4.98 Å². The first kappa shape index (κ1) is 17.8. The number of aromatic nitrogens is 1. The Bertz CT molecular complexity index is 946. The van der Waals surface area contributed by atoms with Gasteiger partial charge in [-0.15, -0.1) is 11.3 Å². The predicted octanol–water partition coefficient (Wildman–Crippen LogP) is 4.42. The van der Waals surface area contributed by atoms with Gasteiger partial charge in [0.2, 0.25) is 5.91 Å². The van der Waals surface area contributed by atoms with Gasteiger partial charge in [0.1, 0.15) is 5.69 Å². The van der Waals surface area contributed by atoms with Gasteiger partial charge >= 0.3 is 0 Å². The van der Waals surface area contributed by atoms with Crippen molar-refractivity contribution in [3.8, 4) is 11.3 Å². The summed E-state index contributed by atoms with van der Waals surface area (Å²) in [6.07, 6.45) is 0. The number of anilines is 2. The van der Waals surface area contributed by atoms with Crippen LogP contribution < -0.4 is 10.6 Å². The van der Waals surface area contributed by atoms with Gasteiger partial charge in [-0.05, 0) is 12.1 Å². The minimum Gasteiger partial charge on any atom is -0.352 e. The Morgan fingerprint density at radius 1 is 1.23 bits per heavy atom. The summed E-state index contributed by atoms with van der Waals surface area (Å²) in [6, 6.07) is 13.7. The zero-order chi connectivity index (χ0) is 18.5. The molecule has 1 heterocycles. The number of benzene rings is 2. The molecule has 0 unspecified atom stereocenters. The van der Waals surface area contributed by atoms with Crippen LogP contribution in [0.1, 0.15) is 0 Å². The molecular formula is C17H13ClN4O3S. The molecule has 0 bridgehead atoms. The highest BCUT2D eigenvalue weighted by molar-refractivity contribution is 7.14. The molecule has 2 aromatic carbocycles. The van der Waals surface area contributed by atoms with Crippen molar-refractivity contribution >= 4 is 45.4 Å². The zero-order valence-corrected chi connectivity index (χ0v) is 14.9. The number of carbonyl (C=O) groups excluding carboxylic acids is 1. The van der Waals surface area contributed by atoms with Crippen LogP contribution in [0.4, 0.5) is 16.5 Å². The average molecular weight is 389 g/mol. The third-order valence-corrected chi connectivity index (χ3v) is 4.44. The van der Waals surface area contributed by atoms with Crippen LogP contribution in [0.2, 0.25) is 5.02 Å². The lowest BCUT2D eigenvalue weighted by atomic mass is 10.2. The topological polar surface area (TPSA) is 97.2 Å². The molecule has 1 aromatic heterocycles. The highest BCUT2D eigenvalue weighted by Gasteiger charge is 2.16. The molecule has 0 aliphatic carbocycles. The molecule has 26 heavy (non-hydrogen) atoms. The number of amides is 1. The lowest BCUT2D eigenvalue weighted by molar-refractivity contribution is -0.383. The van der Waals surface area contributed by atoms with E-state index >= 15 is 0 Å². The van der Waals surface area contributed by atoms with Gasteiger partial charge < -0.3 is 10.6 Å². The summed E-state index contributed by atoms with van der Waals surface area (Å²) in [6.45, 7) is -0.0679. The highest BCUT2D eigenvalue weighted by atomic mass is 35.5. The molecule has 1 amide bonds. The van der Waals surface area contributed by atoms with E-state index in [9.17, 15) is 14.9 Å². The van der Waals surface area contributed by atoms with E-state index in [0.717, 1.165) is 11.3 Å². The molecule has 132 valence electrons. The molecule has 0 saturated carbocycles. The first-order valence-corrected chi connectivity index (χ1v) is 8.77. The molecule has 0 spiro atoms. The van der Waals surface area contributed by atoms with Crippen molar-refractivity contribution in [2.45, 2.75) is 0 Å². The molecular weight excluding hydrogens is 376 g/mol. The van der Waals surface area contributed by atoms with Crippen LogP contribution in [-0.4, -0.2) is 22.4 Å². The lowest BCUT2D eigenvalue weighted by Crippen LogP contribution is -2.22. The maximum Gasteiger partial charge on any atom is 0.294 e. The smallest absolute Gasteiger partial charge is 0.294 e. The fourth-order valence-electron chi connectivity index (χ4n) is 2.21. The summed E-state index contributed by atoms with van der Waals surface area (Å²) in [7, 11) is 0. The highest BCUT2D eigenvalue weighted by Crippen LogP contribution is 2.28. The molecule has 7 nitrogen and oxygen atoms in total. The van der Waals surface area contributed by atoms with E-state index in [1.807, 2.05) is 35.7 Å². The molecule has 0 aliphatic rings.